The molecule has 1 N–H and O–H groups in total. The van der Waals surface area contributed by atoms with Gasteiger partial charge < -0.3 is 10.2 Å². The molecule has 1 aliphatic heterocycles. The predicted molar refractivity (Wildman–Crippen MR) is 78.4 cm³/mol. The number of hydrogen-bond donors (Lipinski definition) is 1. The summed E-state index contributed by atoms with van der Waals surface area (Å²) in [6, 6.07) is 7.62. The van der Waals surface area contributed by atoms with Crippen molar-refractivity contribution < 1.29 is 4.79 Å². The summed E-state index contributed by atoms with van der Waals surface area (Å²) in [7, 11) is 0. The van der Waals surface area contributed by atoms with E-state index in [1.54, 1.807) is 0 Å². The fourth-order valence-electron chi connectivity index (χ4n) is 2.51. The molecule has 1 aromatic carbocycles. The van der Waals surface area contributed by atoms with Crippen molar-refractivity contribution in [2.24, 2.45) is 5.92 Å². The van der Waals surface area contributed by atoms with E-state index in [4.69, 9.17) is 11.6 Å². The zero-order valence-corrected chi connectivity index (χ0v) is 12.3. The van der Waals surface area contributed by atoms with E-state index < -0.39 is 0 Å². The fourth-order valence-corrected chi connectivity index (χ4v) is 2.71. The summed E-state index contributed by atoms with van der Waals surface area (Å²) in [6.07, 6.45) is 2.31. The predicted octanol–water partition coefficient (Wildman–Crippen LogP) is 3.84. The SMILES string of the molecule is CC1CCCN(C(=O)NC(C)c2cccc(Cl)c2)C1. The van der Waals surface area contributed by atoms with E-state index in [1.807, 2.05) is 36.1 Å². The lowest BCUT2D eigenvalue weighted by Crippen LogP contribution is -2.45. The van der Waals surface area contributed by atoms with Crippen LogP contribution in [0.25, 0.3) is 0 Å². The summed E-state index contributed by atoms with van der Waals surface area (Å²) in [6.45, 7) is 5.89. The largest absolute Gasteiger partial charge is 0.331 e. The number of amides is 2. The zero-order valence-electron chi connectivity index (χ0n) is 11.5. The second-order valence-corrected chi connectivity index (χ2v) is 5.86. The van der Waals surface area contributed by atoms with Gasteiger partial charge in [0.2, 0.25) is 0 Å². The Morgan fingerprint density at radius 1 is 1.53 bits per heavy atom. The van der Waals surface area contributed by atoms with Gasteiger partial charge in [0, 0.05) is 18.1 Å². The standard InChI is InChI=1S/C15H21ClN2O/c1-11-5-4-8-18(10-11)15(19)17-12(2)13-6-3-7-14(16)9-13/h3,6-7,9,11-12H,4-5,8,10H2,1-2H3,(H,17,19). The van der Waals surface area contributed by atoms with E-state index in [1.165, 1.54) is 6.42 Å². The third-order valence-corrected chi connectivity index (χ3v) is 3.87. The number of urea groups is 1. The van der Waals surface area contributed by atoms with Gasteiger partial charge in [-0.25, -0.2) is 4.79 Å². The van der Waals surface area contributed by atoms with Gasteiger partial charge in [0.1, 0.15) is 0 Å². The van der Waals surface area contributed by atoms with E-state index in [0.29, 0.717) is 10.9 Å². The van der Waals surface area contributed by atoms with Crippen LogP contribution in [0, 0.1) is 5.92 Å². The van der Waals surface area contributed by atoms with Gasteiger partial charge in [-0.05, 0) is 43.4 Å². The first kappa shape index (κ1) is 14.2. The minimum Gasteiger partial charge on any atom is -0.331 e. The van der Waals surface area contributed by atoms with Crippen molar-refractivity contribution >= 4 is 17.6 Å². The van der Waals surface area contributed by atoms with Gasteiger partial charge >= 0.3 is 6.03 Å². The van der Waals surface area contributed by atoms with Gasteiger partial charge in [0.15, 0.2) is 0 Å². The highest BCUT2D eigenvalue weighted by Crippen LogP contribution is 2.19. The molecule has 0 saturated carbocycles. The summed E-state index contributed by atoms with van der Waals surface area (Å²) >= 11 is 5.97. The van der Waals surface area contributed by atoms with Gasteiger partial charge in [-0.3, -0.25) is 0 Å². The van der Waals surface area contributed by atoms with E-state index in [0.717, 1.165) is 25.1 Å². The fraction of sp³-hybridized carbons (Fsp3) is 0.533. The third kappa shape index (κ3) is 3.87. The molecule has 1 saturated heterocycles. The molecule has 1 aromatic rings. The van der Waals surface area contributed by atoms with Crippen LogP contribution in [-0.4, -0.2) is 24.0 Å². The molecule has 0 aromatic heterocycles. The van der Waals surface area contributed by atoms with Crippen molar-refractivity contribution in [1.82, 2.24) is 10.2 Å². The van der Waals surface area contributed by atoms with Gasteiger partial charge in [0.05, 0.1) is 6.04 Å². The second kappa shape index (κ2) is 6.29. The third-order valence-electron chi connectivity index (χ3n) is 3.63. The normalized spacial score (nSPS) is 21.0. The Kier molecular flexibility index (Phi) is 4.70. The Hall–Kier alpha value is -1.22. The Balaban J connectivity index is 1.94. The molecule has 4 heteroatoms. The number of nitrogens with zero attached hydrogens (tertiary/aromatic N) is 1. The highest BCUT2D eigenvalue weighted by atomic mass is 35.5. The minimum atomic E-state index is -0.0246. The second-order valence-electron chi connectivity index (χ2n) is 5.42. The topological polar surface area (TPSA) is 32.3 Å². The molecule has 1 aliphatic rings. The molecule has 2 rings (SSSR count). The van der Waals surface area contributed by atoms with Gasteiger partial charge in [0.25, 0.3) is 0 Å². The molecule has 3 nitrogen and oxygen atoms in total. The number of likely N-dealkylation sites (tertiary alicyclic amines) is 1. The summed E-state index contributed by atoms with van der Waals surface area (Å²) in [5, 5.41) is 3.74. The van der Waals surface area contributed by atoms with Crippen LogP contribution >= 0.6 is 11.6 Å². The monoisotopic (exact) mass is 280 g/mol. The molecule has 2 amide bonds. The van der Waals surface area contributed by atoms with Crippen LogP contribution in [0.3, 0.4) is 0 Å². The van der Waals surface area contributed by atoms with Crippen molar-refractivity contribution in [2.45, 2.75) is 32.7 Å². The Morgan fingerprint density at radius 2 is 2.32 bits per heavy atom. The number of piperidine rings is 1. The maximum atomic E-state index is 12.2. The Morgan fingerprint density at radius 3 is 3.00 bits per heavy atom. The van der Waals surface area contributed by atoms with E-state index in [9.17, 15) is 4.79 Å². The van der Waals surface area contributed by atoms with Gasteiger partial charge in [-0.15, -0.1) is 0 Å². The van der Waals surface area contributed by atoms with Crippen LogP contribution in [-0.2, 0) is 0 Å². The molecular formula is C15H21ClN2O. The molecule has 2 unspecified atom stereocenters. The molecule has 19 heavy (non-hydrogen) atoms. The van der Waals surface area contributed by atoms with Crippen molar-refractivity contribution in [3.63, 3.8) is 0 Å². The Bertz CT molecular complexity index is 450. The smallest absolute Gasteiger partial charge is 0.317 e. The molecule has 0 spiro atoms. The first-order valence-electron chi connectivity index (χ1n) is 6.87. The highest BCUT2D eigenvalue weighted by Gasteiger charge is 2.22. The summed E-state index contributed by atoms with van der Waals surface area (Å²) < 4.78 is 0. The van der Waals surface area contributed by atoms with Crippen molar-refractivity contribution in [3.8, 4) is 0 Å². The summed E-state index contributed by atoms with van der Waals surface area (Å²) in [5.41, 5.74) is 1.03. The highest BCUT2D eigenvalue weighted by molar-refractivity contribution is 6.30. The van der Waals surface area contributed by atoms with Gasteiger partial charge in [-0.1, -0.05) is 30.7 Å². The minimum absolute atomic E-state index is 0.0246. The molecule has 2 atom stereocenters. The lowest BCUT2D eigenvalue weighted by atomic mass is 10.0. The number of hydrogen-bond acceptors (Lipinski definition) is 1. The van der Waals surface area contributed by atoms with Crippen LogP contribution in [0.5, 0.6) is 0 Å². The maximum Gasteiger partial charge on any atom is 0.317 e. The van der Waals surface area contributed by atoms with E-state index in [-0.39, 0.29) is 12.1 Å². The average Bonchev–Trinajstić information content (AvgIpc) is 2.38. The van der Waals surface area contributed by atoms with Crippen molar-refractivity contribution in [1.29, 1.82) is 0 Å². The quantitative estimate of drug-likeness (QED) is 0.877. The molecule has 1 fully saturated rings. The molecule has 0 radical (unpaired) electrons. The van der Waals surface area contributed by atoms with Crippen LogP contribution < -0.4 is 5.32 Å². The molecule has 0 aliphatic carbocycles. The van der Waals surface area contributed by atoms with Crippen molar-refractivity contribution in [3.05, 3.63) is 34.9 Å². The Labute approximate surface area is 119 Å². The molecule has 1 heterocycles. The first-order chi connectivity index (χ1) is 9.06. The lowest BCUT2D eigenvalue weighted by Gasteiger charge is -2.32. The summed E-state index contributed by atoms with van der Waals surface area (Å²) in [4.78, 5) is 14.1. The number of nitrogens with one attached hydrogen (secondary N) is 1. The number of benzene rings is 1. The maximum absolute atomic E-state index is 12.2. The number of halogens is 1. The van der Waals surface area contributed by atoms with Gasteiger partial charge in [-0.2, -0.15) is 0 Å². The first-order valence-corrected chi connectivity index (χ1v) is 7.25. The summed E-state index contributed by atoms with van der Waals surface area (Å²) in [5.74, 6) is 0.598. The molecule has 0 bridgehead atoms. The van der Waals surface area contributed by atoms with E-state index in [2.05, 4.69) is 12.2 Å². The van der Waals surface area contributed by atoms with Crippen molar-refractivity contribution in [2.75, 3.05) is 13.1 Å². The van der Waals surface area contributed by atoms with Crippen LogP contribution in [0.15, 0.2) is 24.3 Å². The molecule has 104 valence electrons. The van der Waals surface area contributed by atoms with E-state index >= 15 is 0 Å². The number of rotatable bonds is 2. The van der Waals surface area contributed by atoms with Crippen LogP contribution in [0.2, 0.25) is 5.02 Å². The van der Waals surface area contributed by atoms with Crippen LogP contribution in [0.4, 0.5) is 4.79 Å². The molecular weight excluding hydrogens is 260 g/mol. The lowest BCUT2D eigenvalue weighted by molar-refractivity contribution is 0.167. The number of carbonyl (C=O) groups excluding carboxylic acids is 1. The van der Waals surface area contributed by atoms with Crippen LogP contribution in [0.1, 0.15) is 38.3 Å². The number of carbonyl (C=O) groups is 1. The average molecular weight is 281 g/mol. The zero-order chi connectivity index (χ0) is 13.8.